The first-order valence-corrected chi connectivity index (χ1v) is 2.75. The maximum atomic E-state index is 12.6. The Morgan fingerprint density at radius 2 is 2.36 bits per heavy atom. The second kappa shape index (κ2) is 2.53. The quantitative estimate of drug-likeness (QED) is 0.620. The highest BCUT2D eigenvalue weighted by atomic mass is 19.1. The summed E-state index contributed by atoms with van der Waals surface area (Å²) in [6, 6.07) is 0.913. The Bertz CT molecular complexity index is 301. The lowest BCUT2D eigenvalue weighted by atomic mass is 10.3. The number of anilines is 1. The zero-order valence-electron chi connectivity index (χ0n) is 5.41. The Morgan fingerprint density at radius 3 is 2.82 bits per heavy atom. The van der Waals surface area contributed by atoms with Crippen LogP contribution in [0.2, 0.25) is 0 Å². The molecule has 5 heteroatoms. The van der Waals surface area contributed by atoms with Crippen molar-refractivity contribution in [2.24, 2.45) is 0 Å². The summed E-state index contributed by atoms with van der Waals surface area (Å²) < 4.78 is 12.6. The fraction of sp³-hybridized carbons (Fsp3) is 0. The maximum Gasteiger partial charge on any atom is 0.357 e. The van der Waals surface area contributed by atoms with Crippen molar-refractivity contribution in [3.8, 4) is 0 Å². The van der Waals surface area contributed by atoms with E-state index in [4.69, 9.17) is 10.8 Å². The number of nitrogens with zero attached hydrogens (tertiary/aromatic N) is 1. The van der Waals surface area contributed by atoms with E-state index in [0.29, 0.717) is 0 Å². The van der Waals surface area contributed by atoms with E-state index < -0.39 is 17.5 Å². The van der Waals surface area contributed by atoms with Gasteiger partial charge >= 0.3 is 5.97 Å². The molecule has 0 spiro atoms. The van der Waals surface area contributed by atoms with E-state index in [9.17, 15) is 9.18 Å². The molecule has 0 saturated heterocycles. The number of nitrogen functional groups attached to an aromatic ring is 1. The number of rotatable bonds is 1. The fourth-order valence-corrected chi connectivity index (χ4v) is 0.610. The molecule has 0 fully saturated rings. The van der Waals surface area contributed by atoms with Crippen molar-refractivity contribution in [3.05, 3.63) is 23.8 Å². The summed E-state index contributed by atoms with van der Waals surface area (Å²) in [5.74, 6) is -2.32. The zero-order valence-corrected chi connectivity index (χ0v) is 5.41. The second-order valence-electron chi connectivity index (χ2n) is 1.90. The second-order valence-corrected chi connectivity index (χ2v) is 1.90. The summed E-state index contributed by atoms with van der Waals surface area (Å²) in [5, 5.41) is 8.31. The first-order chi connectivity index (χ1) is 5.11. The maximum absolute atomic E-state index is 12.6. The summed E-state index contributed by atoms with van der Waals surface area (Å²) in [7, 11) is 0. The predicted octanol–water partition coefficient (Wildman–Crippen LogP) is 0.501. The van der Waals surface area contributed by atoms with E-state index in [1.807, 2.05) is 0 Å². The largest absolute Gasteiger partial charge is 0.476 e. The molecule has 0 aliphatic heterocycles. The van der Waals surface area contributed by atoms with Gasteiger partial charge in [-0.15, -0.1) is 0 Å². The summed E-state index contributed by atoms with van der Waals surface area (Å²) >= 11 is 0. The monoisotopic (exact) mass is 156 g/mol. The first-order valence-electron chi connectivity index (χ1n) is 2.75. The molecule has 0 amide bonds. The van der Waals surface area contributed by atoms with Gasteiger partial charge < -0.3 is 10.8 Å². The van der Waals surface area contributed by atoms with Gasteiger partial charge in [0, 0.05) is 6.07 Å². The topological polar surface area (TPSA) is 76.2 Å². The highest BCUT2D eigenvalue weighted by Gasteiger charge is 2.10. The predicted molar refractivity (Wildman–Crippen MR) is 35.6 cm³/mol. The number of aromatic nitrogens is 1. The van der Waals surface area contributed by atoms with Crippen molar-refractivity contribution in [2.75, 3.05) is 5.73 Å². The van der Waals surface area contributed by atoms with Crippen LogP contribution in [0.5, 0.6) is 0 Å². The molecule has 0 unspecified atom stereocenters. The number of pyridine rings is 1. The van der Waals surface area contributed by atoms with E-state index in [1.54, 1.807) is 0 Å². The normalized spacial score (nSPS) is 9.55. The molecular formula is C6H5FN2O2. The molecule has 3 N–H and O–H groups in total. The van der Waals surface area contributed by atoms with Crippen LogP contribution in [-0.4, -0.2) is 16.1 Å². The van der Waals surface area contributed by atoms with Gasteiger partial charge in [-0.05, 0) is 0 Å². The van der Waals surface area contributed by atoms with Crippen LogP contribution in [0.25, 0.3) is 0 Å². The van der Waals surface area contributed by atoms with Crippen LogP contribution in [0.4, 0.5) is 10.1 Å². The van der Waals surface area contributed by atoms with E-state index >= 15 is 0 Å². The minimum absolute atomic E-state index is 0.104. The molecule has 0 aromatic carbocycles. The number of hydrogen-bond donors (Lipinski definition) is 2. The van der Waals surface area contributed by atoms with E-state index in [1.165, 1.54) is 0 Å². The van der Waals surface area contributed by atoms with Crippen molar-refractivity contribution < 1.29 is 14.3 Å². The van der Waals surface area contributed by atoms with Gasteiger partial charge in [-0.1, -0.05) is 0 Å². The van der Waals surface area contributed by atoms with Gasteiger partial charge in [0.2, 0.25) is 0 Å². The van der Waals surface area contributed by atoms with Crippen LogP contribution in [-0.2, 0) is 0 Å². The van der Waals surface area contributed by atoms with Gasteiger partial charge in [0.05, 0.1) is 11.9 Å². The summed E-state index contributed by atoms with van der Waals surface area (Å²) in [4.78, 5) is 13.5. The van der Waals surface area contributed by atoms with Gasteiger partial charge in [0.25, 0.3) is 0 Å². The minimum Gasteiger partial charge on any atom is -0.476 e. The molecule has 0 bridgehead atoms. The standard InChI is InChI=1S/C6H5FN2O2/c7-4-1-3(8)2-9-5(4)6(10)11/h1-2H,8H2,(H,10,11). The molecule has 0 atom stereocenters. The zero-order chi connectivity index (χ0) is 8.43. The molecule has 1 heterocycles. The molecule has 1 aromatic heterocycles. The molecule has 0 aliphatic rings. The number of nitrogens with two attached hydrogens (primary N) is 1. The van der Waals surface area contributed by atoms with Crippen LogP contribution in [0.15, 0.2) is 12.3 Å². The SMILES string of the molecule is Nc1cnc(C(=O)O)c(F)c1. The van der Waals surface area contributed by atoms with Crippen molar-refractivity contribution in [1.82, 2.24) is 4.98 Å². The Labute approximate surface area is 61.5 Å². The van der Waals surface area contributed by atoms with Gasteiger partial charge in [-0.3, -0.25) is 0 Å². The Balaban J connectivity index is 3.20. The lowest BCUT2D eigenvalue weighted by Crippen LogP contribution is -2.04. The van der Waals surface area contributed by atoms with Crippen LogP contribution in [0, 0.1) is 5.82 Å². The molecule has 1 aromatic rings. The number of aromatic carboxylic acids is 1. The van der Waals surface area contributed by atoms with Crippen LogP contribution >= 0.6 is 0 Å². The number of carboxylic acids is 1. The number of carbonyl (C=O) groups is 1. The summed E-state index contributed by atoms with van der Waals surface area (Å²) in [6.45, 7) is 0. The van der Waals surface area contributed by atoms with Crippen LogP contribution in [0.1, 0.15) is 10.5 Å². The van der Waals surface area contributed by atoms with Crippen molar-refractivity contribution in [2.45, 2.75) is 0 Å². The average Bonchev–Trinajstić information content (AvgIpc) is 1.85. The lowest BCUT2D eigenvalue weighted by Gasteiger charge is -1.95. The summed E-state index contributed by atoms with van der Waals surface area (Å²) in [5.41, 5.74) is 4.62. The van der Waals surface area contributed by atoms with Crippen LogP contribution < -0.4 is 5.73 Å². The van der Waals surface area contributed by atoms with E-state index in [2.05, 4.69) is 4.98 Å². The fourth-order valence-electron chi connectivity index (χ4n) is 0.610. The Hall–Kier alpha value is -1.65. The third-order valence-corrected chi connectivity index (χ3v) is 1.06. The van der Waals surface area contributed by atoms with Gasteiger partial charge in [-0.25, -0.2) is 14.2 Å². The molecule has 0 saturated carbocycles. The van der Waals surface area contributed by atoms with E-state index in [0.717, 1.165) is 12.3 Å². The molecule has 4 nitrogen and oxygen atoms in total. The minimum atomic E-state index is -1.40. The Kier molecular flexibility index (Phi) is 1.72. The molecule has 0 aliphatic carbocycles. The number of hydrogen-bond acceptors (Lipinski definition) is 3. The van der Waals surface area contributed by atoms with Gasteiger partial charge in [-0.2, -0.15) is 0 Å². The first kappa shape index (κ1) is 7.46. The molecule has 11 heavy (non-hydrogen) atoms. The molecule has 58 valence electrons. The lowest BCUT2D eigenvalue weighted by molar-refractivity contribution is 0.0685. The van der Waals surface area contributed by atoms with Crippen molar-refractivity contribution in [3.63, 3.8) is 0 Å². The van der Waals surface area contributed by atoms with Gasteiger partial charge in [0.15, 0.2) is 11.5 Å². The molecular weight excluding hydrogens is 151 g/mol. The third-order valence-electron chi connectivity index (χ3n) is 1.06. The number of carboxylic acid groups (broad SMARTS) is 1. The third kappa shape index (κ3) is 1.43. The average molecular weight is 156 g/mol. The Morgan fingerprint density at radius 1 is 1.73 bits per heavy atom. The molecule has 1 rings (SSSR count). The molecule has 0 radical (unpaired) electrons. The summed E-state index contributed by atoms with van der Waals surface area (Å²) in [6.07, 6.45) is 1.09. The van der Waals surface area contributed by atoms with E-state index in [-0.39, 0.29) is 5.69 Å². The smallest absolute Gasteiger partial charge is 0.357 e. The highest BCUT2D eigenvalue weighted by molar-refractivity contribution is 5.85. The van der Waals surface area contributed by atoms with Crippen molar-refractivity contribution in [1.29, 1.82) is 0 Å². The van der Waals surface area contributed by atoms with Crippen LogP contribution in [0.3, 0.4) is 0 Å². The number of halogens is 1. The van der Waals surface area contributed by atoms with Gasteiger partial charge in [0.1, 0.15) is 0 Å². The highest BCUT2D eigenvalue weighted by Crippen LogP contribution is 2.07. The van der Waals surface area contributed by atoms with Crippen molar-refractivity contribution >= 4 is 11.7 Å².